The average molecular weight is 283 g/mol. The van der Waals surface area contributed by atoms with Crippen molar-refractivity contribution in [1.82, 2.24) is 10.3 Å². The highest BCUT2D eigenvalue weighted by atomic mass is 35.5. The summed E-state index contributed by atoms with van der Waals surface area (Å²) in [5, 5.41) is 3.48. The minimum Gasteiger partial charge on any atom is -0.496 e. The number of hydrogen-bond acceptors (Lipinski definition) is 5. The number of ether oxygens (including phenoxy) is 1. The summed E-state index contributed by atoms with van der Waals surface area (Å²) in [4.78, 5) is 8.37. The minimum atomic E-state index is 0.306. The molecule has 3 N–H and O–H groups in total. The Morgan fingerprint density at radius 1 is 1.68 bits per heavy atom. The molecule has 1 rings (SSSR count). The first-order valence-electron chi connectivity index (χ1n) is 5.91. The van der Waals surface area contributed by atoms with Crippen molar-refractivity contribution in [3.8, 4) is 5.75 Å². The van der Waals surface area contributed by atoms with Crippen LogP contribution in [0.4, 0.5) is 0 Å². The Morgan fingerprint density at radius 3 is 3.00 bits per heavy atom. The third kappa shape index (κ3) is 4.54. The van der Waals surface area contributed by atoms with Crippen molar-refractivity contribution in [2.24, 2.45) is 10.7 Å². The van der Waals surface area contributed by atoms with Gasteiger partial charge in [0, 0.05) is 41.9 Å². The number of likely N-dealkylation sites (N-methyl/N-ethyl adjacent to an activating group) is 1. The third-order valence-electron chi connectivity index (χ3n) is 2.65. The van der Waals surface area contributed by atoms with Gasteiger partial charge in [-0.2, -0.15) is 0 Å². The number of rotatable bonds is 6. The van der Waals surface area contributed by atoms with E-state index in [1.165, 1.54) is 6.20 Å². The van der Waals surface area contributed by atoms with Gasteiger partial charge < -0.3 is 15.8 Å². The fraction of sp³-hybridized carbons (Fsp3) is 0.385. The number of pyridine rings is 1. The summed E-state index contributed by atoms with van der Waals surface area (Å²) in [6.07, 6.45) is 4.80. The van der Waals surface area contributed by atoms with Gasteiger partial charge in [-0.3, -0.25) is 4.99 Å². The van der Waals surface area contributed by atoms with Gasteiger partial charge in [0.25, 0.3) is 0 Å². The van der Waals surface area contributed by atoms with E-state index in [0.29, 0.717) is 23.5 Å². The molecule has 0 saturated heterocycles. The van der Waals surface area contributed by atoms with Gasteiger partial charge in [-0.1, -0.05) is 11.6 Å². The molecule has 0 spiro atoms. The summed E-state index contributed by atoms with van der Waals surface area (Å²) in [7, 11) is 3.47. The van der Waals surface area contributed by atoms with E-state index < -0.39 is 0 Å². The molecule has 0 fully saturated rings. The van der Waals surface area contributed by atoms with Crippen LogP contribution in [0, 0.1) is 0 Å². The zero-order valence-corrected chi connectivity index (χ0v) is 12.1. The van der Waals surface area contributed by atoms with Crippen molar-refractivity contribution >= 4 is 23.4 Å². The minimum absolute atomic E-state index is 0.306. The fourth-order valence-electron chi connectivity index (χ4n) is 1.40. The number of halogens is 1. The Balaban J connectivity index is 2.92. The van der Waals surface area contributed by atoms with Crippen LogP contribution in [0.2, 0.25) is 5.15 Å². The molecule has 0 amide bonds. The molecule has 5 nitrogen and oxygen atoms in total. The molecular formula is C13H19ClN4O. The number of allylic oxidation sites excluding steroid dienone is 1. The van der Waals surface area contributed by atoms with Crippen LogP contribution < -0.4 is 15.8 Å². The number of aromatic nitrogens is 1. The summed E-state index contributed by atoms with van der Waals surface area (Å²) in [6, 6.07) is 1.95. The lowest BCUT2D eigenvalue weighted by atomic mass is 10.1. The summed E-state index contributed by atoms with van der Waals surface area (Å²) in [5.74, 6) is 0.616. The highest BCUT2D eigenvalue weighted by Crippen LogP contribution is 2.26. The highest BCUT2D eigenvalue weighted by Gasteiger charge is 2.08. The Bertz CT molecular complexity index is 474. The van der Waals surface area contributed by atoms with Gasteiger partial charge in [0.1, 0.15) is 10.9 Å². The first-order valence-corrected chi connectivity index (χ1v) is 6.29. The summed E-state index contributed by atoms with van der Waals surface area (Å²) >= 11 is 5.82. The molecule has 0 radical (unpaired) electrons. The monoisotopic (exact) mass is 282 g/mol. The van der Waals surface area contributed by atoms with Crippen LogP contribution >= 0.6 is 11.6 Å². The van der Waals surface area contributed by atoms with Crippen LogP contribution in [0.5, 0.6) is 5.75 Å². The van der Waals surface area contributed by atoms with Crippen molar-refractivity contribution in [2.75, 3.05) is 20.7 Å². The largest absolute Gasteiger partial charge is 0.496 e. The maximum atomic E-state index is 5.82. The van der Waals surface area contributed by atoms with E-state index in [0.717, 1.165) is 11.1 Å². The first-order chi connectivity index (χ1) is 9.12. The predicted molar refractivity (Wildman–Crippen MR) is 79.8 cm³/mol. The van der Waals surface area contributed by atoms with Gasteiger partial charge in [0.15, 0.2) is 0 Å². The molecule has 6 heteroatoms. The maximum Gasteiger partial charge on any atom is 0.132 e. The number of aliphatic imine (C=N–C) groups is 1. The van der Waals surface area contributed by atoms with E-state index in [2.05, 4.69) is 15.3 Å². The molecular weight excluding hydrogens is 264 g/mol. The number of nitrogens with one attached hydrogen (secondary N) is 1. The van der Waals surface area contributed by atoms with Gasteiger partial charge >= 0.3 is 0 Å². The van der Waals surface area contributed by atoms with Crippen LogP contribution in [0.15, 0.2) is 23.5 Å². The quantitative estimate of drug-likeness (QED) is 0.616. The molecule has 0 aliphatic rings. The Kier molecular flexibility index (Phi) is 6.32. The molecule has 19 heavy (non-hydrogen) atoms. The lowest BCUT2D eigenvalue weighted by molar-refractivity contribution is 0.413. The second-order valence-electron chi connectivity index (χ2n) is 4.01. The zero-order valence-electron chi connectivity index (χ0n) is 11.4. The van der Waals surface area contributed by atoms with E-state index in [9.17, 15) is 0 Å². The van der Waals surface area contributed by atoms with Crippen molar-refractivity contribution in [3.63, 3.8) is 0 Å². The van der Waals surface area contributed by atoms with Crippen molar-refractivity contribution in [1.29, 1.82) is 0 Å². The van der Waals surface area contributed by atoms with Gasteiger partial charge in [-0.15, -0.1) is 0 Å². The van der Waals surface area contributed by atoms with E-state index in [1.54, 1.807) is 25.6 Å². The molecule has 0 saturated carbocycles. The first kappa shape index (κ1) is 15.5. The predicted octanol–water partition coefficient (Wildman–Crippen LogP) is 1.72. The molecule has 0 aromatic carbocycles. The number of nitrogens with zero attached hydrogens (tertiary/aromatic N) is 2. The Morgan fingerprint density at radius 2 is 2.42 bits per heavy atom. The molecule has 104 valence electrons. The summed E-state index contributed by atoms with van der Waals surface area (Å²) < 4.78 is 5.26. The second-order valence-corrected chi connectivity index (χ2v) is 4.40. The lowest BCUT2D eigenvalue weighted by Gasteiger charge is -2.09. The Hall–Kier alpha value is -1.59. The van der Waals surface area contributed by atoms with Gasteiger partial charge in [-0.05, 0) is 14.0 Å². The average Bonchev–Trinajstić information content (AvgIpc) is 2.43. The second kappa shape index (κ2) is 7.76. The van der Waals surface area contributed by atoms with Crippen LogP contribution in [-0.4, -0.2) is 37.9 Å². The van der Waals surface area contributed by atoms with Crippen molar-refractivity contribution < 1.29 is 4.74 Å². The van der Waals surface area contributed by atoms with Gasteiger partial charge in [-0.25, -0.2) is 4.98 Å². The molecule has 1 atom stereocenters. The SMILES string of the molecule is CNC(C)CN=C/C(=C\N)c1cnc(Cl)cc1OC. The van der Waals surface area contributed by atoms with Crippen molar-refractivity contribution in [3.05, 3.63) is 29.2 Å². The highest BCUT2D eigenvalue weighted by molar-refractivity contribution is 6.29. The molecule has 0 bridgehead atoms. The van der Waals surface area contributed by atoms with E-state index in [4.69, 9.17) is 22.1 Å². The molecule has 1 unspecified atom stereocenters. The third-order valence-corrected chi connectivity index (χ3v) is 2.85. The zero-order chi connectivity index (χ0) is 14.3. The normalized spacial score (nSPS) is 13.8. The molecule has 0 aliphatic carbocycles. The van der Waals surface area contributed by atoms with Gasteiger partial charge in [0.05, 0.1) is 13.7 Å². The number of methoxy groups -OCH3 is 1. The standard InChI is InChI=1S/C13H19ClN4O/c1-9(16-2)6-17-7-10(5-15)11-8-18-13(14)4-12(11)19-3/h4-5,7-9,16H,6,15H2,1-3H3/b10-5+,17-7?. The number of nitrogens with two attached hydrogens (primary N) is 1. The Labute approximate surface area is 118 Å². The van der Waals surface area contributed by atoms with Gasteiger partial charge in [0.2, 0.25) is 0 Å². The molecule has 1 aromatic rings. The lowest BCUT2D eigenvalue weighted by Crippen LogP contribution is -2.24. The smallest absolute Gasteiger partial charge is 0.132 e. The number of hydrogen-bond donors (Lipinski definition) is 2. The van der Waals surface area contributed by atoms with E-state index in [1.807, 2.05) is 14.0 Å². The van der Waals surface area contributed by atoms with Crippen LogP contribution in [0.25, 0.3) is 5.57 Å². The summed E-state index contributed by atoms with van der Waals surface area (Å²) in [5.41, 5.74) is 7.13. The van der Waals surface area contributed by atoms with E-state index in [-0.39, 0.29) is 0 Å². The van der Waals surface area contributed by atoms with Crippen LogP contribution in [0.3, 0.4) is 0 Å². The topological polar surface area (TPSA) is 72.5 Å². The fourth-order valence-corrected chi connectivity index (χ4v) is 1.55. The van der Waals surface area contributed by atoms with Crippen LogP contribution in [-0.2, 0) is 0 Å². The van der Waals surface area contributed by atoms with Crippen molar-refractivity contribution in [2.45, 2.75) is 13.0 Å². The molecule has 1 heterocycles. The van der Waals surface area contributed by atoms with E-state index >= 15 is 0 Å². The maximum absolute atomic E-state index is 5.82. The molecule has 0 aliphatic heterocycles. The summed E-state index contributed by atoms with van der Waals surface area (Å²) in [6.45, 7) is 2.71. The van der Waals surface area contributed by atoms with Crippen LogP contribution in [0.1, 0.15) is 12.5 Å². The molecule has 1 aromatic heterocycles.